The van der Waals surface area contributed by atoms with Gasteiger partial charge in [-0.3, -0.25) is 0 Å². The molecule has 0 aliphatic carbocycles. The average Bonchev–Trinajstić information content (AvgIpc) is 2.74. The van der Waals surface area contributed by atoms with Gasteiger partial charge in [-0.15, -0.1) is 0 Å². The van der Waals surface area contributed by atoms with Gasteiger partial charge in [-0.05, 0) is 46.5 Å². The van der Waals surface area contributed by atoms with Crippen LogP contribution in [0.2, 0.25) is 0 Å². The van der Waals surface area contributed by atoms with Crippen molar-refractivity contribution in [1.29, 1.82) is 0 Å². The second-order valence-electron chi connectivity index (χ2n) is 3.35. The Hall–Kier alpha value is -1.15. The topological polar surface area (TPSA) is 54.5 Å². The highest BCUT2D eigenvalue weighted by atomic mass is 127. The number of aromatic nitrogens is 4. The van der Waals surface area contributed by atoms with Gasteiger partial charge in [0.1, 0.15) is 0 Å². The average molecular weight is 354 g/mol. The number of benzene rings is 1. The molecule has 2 aromatic heterocycles. The Morgan fingerprint density at radius 3 is 2.65 bits per heavy atom. The quantitative estimate of drug-likeness (QED) is 0.568. The summed E-state index contributed by atoms with van der Waals surface area (Å²) in [5, 5.41) is 1.51. The number of hydrogen-bond acceptors (Lipinski definition) is 4. The van der Waals surface area contributed by atoms with Crippen LogP contribution in [-0.4, -0.2) is 19.9 Å². The third-order valence-electron chi connectivity index (χ3n) is 2.15. The largest absolute Gasteiger partial charge is 0.333 e. The van der Waals surface area contributed by atoms with Crippen molar-refractivity contribution < 1.29 is 0 Å². The number of nitrogens with zero attached hydrogens (tertiary/aromatic N) is 3. The van der Waals surface area contributed by atoms with Crippen LogP contribution in [0.5, 0.6) is 0 Å². The second-order valence-corrected chi connectivity index (χ2v) is 5.55. The maximum atomic E-state index is 4.46. The summed E-state index contributed by atoms with van der Waals surface area (Å²) in [4.78, 5) is 16.1. The van der Waals surface area contributed by atoms with E-state index in [-0.39, 0.29) is 0 Å². The predicted molar refractivity (Wildman–Crippen MR) is 75.0 cm³/mol. The summed E-state index contributed by atoms with van der Waals surface area (Å²) >= 11 is 3.61. The third-order valence-corrected chi connectivity index (χ3v) is 3.49. The van der Waals surface area contributed by atoms with Crippen molar-refractivity contribution in [3.63, 3.8) is 0 Å². The van der Waals surface area contributed by atoms with E-state index in [0.29, 0.717) is 5.16 Å². The first-order valence-corrected chi connectivity index (χ1v) is 6.81. The molecule has 2 heterocycles. The Bertz CT molecular complexity index is 617. The van der Waals surface area contributed by atoms with Crippen molar-refractivity contribution in [2.45, 2.75) is 10.3 Å². The van der Waals surface area contributed by atoms with Crippen molar-refractivity contribution in [3.05, 3.63) is 40.2 Å². The van der Waals surface area contributed by atoms with Crippen molar-refractivity contribution in [2.75, 3.05) is 0 Å². The second kappa shape index (κ2) is 4.61. The molecule has 6 heteroatoms. The highest BCUT2D eigenvalue weighted by Gasteiger charge is 2.05. The van der Waals surface area contributed by atoms with E-state index < -0.39 is 0 Å². The number of H-pyrrole nitrogens is 1. The van der Waals surface area contributed by atoms with Gasteiger partial charge in [0.25, 0.3) is 0 Å². The number of nitrogens with one attached hydrogen (secondary N) is 1. The fraction of sp³-hybridized carbons (Fsp3) is 0. The van der Waals surface area contributed by atoms with Gasteiger partial charge in [-0.25, -0.2) is 15.0 Å². The smallest absolute Gasteiger partial charge is 0.195 e. The zero-order valence-corrected chi connectivity index (χ0v) is 11.6. The molecule has 0 fully saturated rings. The van der Waals surface area contributed by atoms with Gasteiger partial charge in [0, 0.05) is 16.0 Å². The molecule has 3 rings (SSSR count). The molecule has 0 aliphatic heterocycles. The molecule has 84 valence electrons. The Morgan fingerprint density at radius 1 is 1.12 bits per heavy atom. The summed E-state index contributed by atoms with van der Waals surface area (Å²) in [5.74, 6) is 0. The van der Waals surface area contributed by atoms with Crippen LogP contribution >= 0.6 is 34.4 Å². The molecule has 0 atom stereocenters. The van der Waals surface area contributed by atoms with Crippen LogP contribution in [0.3, 0.4) is 0 Å². The Morgan fingerprint density at radius 2 is 1.88 bits per heavy atom. The van der Waals surface area contributed by atoms with E-state index in [2.05, 4.69) is 42.5 Å². The minimum atomic E-state index is 0.699. The number of para-hydroxylation sites is 2. The Labute approximate surface area is 115 Å². The number of halogens is 1. The first-order chi connectivity index (χ1) is 8.31. The normalized spacial score (nSPS) is 10.9. The summed E-state index contributed by atoms with van der Waals surface area (Å²) < 4.78 is 1.02. The summed E-state index contributed by atoms with van der Waals surface area (Å²) in [6.45, 7) is 0. The van der Waals surface area contributed by atoms with Crippen molar-refractivity contribution in [3.8, 4) is 0 Å². The number of hydrogen-bond donors (Lipinski definition) is 1. The SMILES string of the molecule is Ic1cnc(Sc2nc3ccccc3[nH]2)nc1. The fourth-order valence-corrected chi connectivity index (χ4v) is 2.38. The van der Waals surface area contributed by atoms with Crippen LogP contribution < -0.4 is 0 Å². The maximum absolute atomic E-state index is 4.46. The number of fused-ring (bicyclic) bond motifs is 1. The van der Waals surface area contributed by atoms with E-state index in [4.69, 9.17) is 0 Å². The van der Waals surface area contributed by atoms with E-state index in [1.807, 2.05) is 24.3 Å². The summed E-state index contributed by atoms with van der Waals surface area (Å²) in [6.07, 6.45) is 3.58. The van der Waals surface area contributed by atoms with E-state index >= 15 is 0 Å². The van der Waals surface area contributed by atoms with Crippen molar-refractivity contribution in [1.82, 2.24) is 19.9 Å². The van der Waals surface area contributed by atoms with Crippen LogP contribution in [0, 0.1) is 3.57 Å². The van der Waals surface area contributed by atoms with Crippen LogP contribution in [0.4, 0.5) is 0 Å². The Balaban J connectivity index is 1.92. The third kappa shape index (κ3) is 2.42. The lowest BCUT2D eigenvalue weighted by Gasteiger charge is -1.95. The molecule has 0 saturated heterocycles. The molecule has 0 unspecified atom stereocenters. The standard InChI is InChI=1S/C11H7IN4S/c12-7-5-13-10(14-6-7)17-11-15-8-3-1-2-4-9(8)16-11/h1-6H,(H,15,16). The molecule has 0 radical (unpaired) electrons. The van der Waals surface area contributed by atoms with Gasteiger partial charge in [0.2, 0.25) is 0 Å². The molecule has 0 saturated carbocycles. The fourth-order valence-electron chi connectivity index (χ4n) is 1.42. The Kier molecular flexibility index (Phi) is 2.98. The number of imidazole rings is 1. The molecule has 4 nitrogen and oxygen atoms in total. The lowest BCUT2D eigenvalue weighted by atomic mass is 10.3. The predicted octanol–water partition coefficient (Wildman–Crippen LogP) is 3.11. The molecule has 0 amide bonds. The minimum absolute atomic E-state index is 0.699. The van der Waals surface area contributed by atoms with E-state index in [9.17, 15) is 0 Å². The van der Waals surface area contributed by atoms with E-state index in [1.54, 1.807) is 12.4 Å². The van der Waals surface area contributed by atoms with Crippen LogP contribution in [0.25, 0.3) is 11.0 Å². The molecule has 0 aliphatic rings. The molecular formula is C11H7IN4S. The van der Waals surface area contributed by atoms with Gasteiger partial charge in [-0.1, -0.05) is 12.1 Å². The highest BCUT2D eigenvalue weighted by molar-refractivity contribution is 14.1. The minimum Gasteiger partial charge on any atom is -0.333 e. The lowest BCUT2D eigenvalue weighted by molar-refractivity contribution is 0.945. The first kappa shape index (κ1) is 11.0. The van der Waals surface area contributed by atoms with Gasteiger partial charge < -0.3 is 4.98 Å². The van der Waals surface area contributed by atoms with Crippen molar-refractivity contribution >= 4 is 45.4 Å². The number of rotatable bonds is 2. The maximum Gasteiger partial charge on any atom is 0.195 e. The summed E-state index contributed by atoms with van der Waals surface area (Å²) in [7, 11) is 0. The first-order valence-electron chi connectivity index (χ1n) is 4.91. The van der Waals surface area contributed by atoms with Crippen LogP contribution in [0.15, 0.2) is 47.0 Å². The molecule has 1 N–H and O–H groups in total. The molecule has 3 aromatic rings. The van der Waals surface area contributed by atoms with Gasteiger partial charge >= 0.3 is 0 Å². The van der Waals surface area contributed by atoms with Crippen molar-refractivity contribution in [2.24, 2.45) is 0 Å². The number of aromatic amines is 1. The van der Waals surface area contributed by atoms with E-state index in [0.717, 1.165) is 19.8 Å². The van der Waals surface area contributed by atoms with Crippen LogP contribution in [-0.2, 0) is 0 Å². The van der Waals surface area contributed by atoms with Crippen LogP contribution in [0.1, 0.15) is 0 Å². The van der Waals surface area contributed by atoms with Gasteiger partial charge in [0.15, 0.2) is 10.3 Å². The molecule has 17 heavy (non-hydrogen) atoms. The lowest BCUT2D eigenvalue weighted by Crippen LogP contribution is -1.86. The summed E-state index contributed by atoms with van der Waals surface area (Å²) in [5.41, 5.74) is 1.99. The van der Waals surface area contributed by atoms with Gasteiger partial charge in [0.05, 0.1) is 11.0 Å². The molecule has 0 spiro atoms. The van der Waals surface area contributed by atoms with E-state index in [1.165, 1.54) is 11.8 Å². The molecule has 1 aromatic carbocycles. The molecular weight excluding hydrogens is 347 g/mol. The monoisotopic (exact) mass is 354 g/mol. The zero-order valence-electron chi connectivity index (χ0n) is 8.59. The van der Waals surface area contributed by atoms with Gasteiger partial charge in [-0.2, -0.15) is 0 Å². The zero-order chi connectivity index (χ0) is 11.7. The molecule has 0 bridgehead atoms. The summed E-state index contributed by atoms with van der Waals surface area (Å²) in [6, 6.07) is 7.93. The highest BCUT2D eigenvalue weighted by Crippen LogP contribution is 2.24.